The zero-order chi connectivity index (χ0) is 13.6. The molecule has 1 amide bonds. The predicted molar refractivity (Wildman–Crippen MR) is 85.9 cm³/mol. The van der Waals surface area contributed by atoms with Crippen molar-refractivity contribution in [2.45, 2.75) is 13.8 Å². The van der Waals surface area contributed by atoms with E-state index in [0.717, 1.165) is 37.3 Å². The Morgan fingerprint density at radius 2 is 2.00 bits per heavy atom. The molecule has 1 aromatic heterocycles. The highest BCUT2D eigenvalue weighted by Crippen LogP contribution is 2.34. The van der Waals surface area contributed by atoms with Gasteiger partial charge in [-0.15, -0.1) is 0 Å². The SMILES string of the molecule is Cc1cc(C)c(/C=C2\C(=O)Nc3ccc(I)cc32)[nH]1. The number of nitrogens with one attached hydrogen (secondary N) is 2. The van der Waals surface area contributed by atoms with Gasteiger partial charge in [0.2, 0.25) is 0 Å². The van der Waals surface area contributed by atoms with Crippen LogP contribution in [0.25, 0.3) is 11.6 Å². The molecule has 2 heterocycles. The van der Waals surface area contributed by atoms with Crippen LogP contribution in [0.1, 0.15) is 22.5 Å². The molecular weight excluding hydrogens is 351 g/mol. The normalized spacial score (nSPS) is 15.7. The molecule has 3 nitrogen and oxygen atoms in total. The summed E-state index contributed by atoms with van der Waals surface area (Å²) < 4.78 is 1.12. The molecule has 19 heavy (non-hydrogen) atoms. The van der Waals surface area contributed by atoms with Crippen molar-refractivity contribution in [3.05, 3.63) is 50.4 Å². The maximum atomic E-state index is 12.1. The maximum Gasteiger partial charge on any atom is 0.256 e. The number of hydrogen-bond acceptors (Lipinski definition) is 1. The zero-order valence-electron chi connectivity index (χ0n) is 10.7. The van der Waals surface area contributed by atoms with Crippen molar-refractivity contribution >= 4 is 45.8 Å². The van der Waals surface area contributed by atoms with Gasteiger partial charge in [-0.05, 0) is 72.3 Å². The molecular formula is C15H13IN2O. The van der Waals surface area contributed by atoms with Gasteiger partial charge in [0.05, 0.1) is 5.57 Å². The number of hydrogen-bond donors (Lipinski definition) is 2. The van der Waals surface area contributed by atoms with Crippen LogP contribution in [-0.2, 0) is 4.79 Å². The summed E-state index contributed by atoms with van der Waals surface area (Å²) in [5.41, 5.74) is 5.83. The number of aryl methyl sites for hydroxylation is 2. The van der Waals surface area contributed by atoms with Gasteiger partial charge in [0.15, 0.2) is 0 Å². The molecule has 0 aliphatic carbocycles. The lowest BCUT2D eigenvalue weighted by Crippen LogP contribution is -2.03. The lowest BCUT2D eigenvalue weighted by Gasteiger charge is -1.99. The summed E-state index contributed by atoms with van der Waals surface area (Å²) in [6.45, 7) is 4.05. The number of anilines is 1. The Hall–Kier alpha value is -1.56. The third-order valence-electron chi connectivity index (χ3n) is 3.24. The molecule has 2 aromatic rings. The highest BCUT2D eigenvalue weighted by Gasteiger charge is 2.24. The van der Waals surface area contributed by atoms with Gasteiger partial charge in [0, 0.05) is 26.2 Å². The van der Waals surface area contributed by atoms with Crippen LogP contribution >= 0.6 is 22.6 Å². The number of rotatable bonds is 1. The number of carbonyl (C=O) groups is 1. The second kappa shape index (κ2) is 4.52. The third-order valence-corrected chi connectivity index (χ3v) is 3.91. The third kappa shape index (κ3) is 2.20. The Labute approximate surface area is 125 Å². The number of aromatic amines is 1. The van der Waals surface area contributed by atoms with Gasteiger partial charge in [-0.25, -0.2) is 0 Å². The van der Waals surface area contributed by atoms with Crippen LogP contribution in [0.4, 0.5) is 5.69 Å². The van der Waals surface area contributed by atoms with Crippen LogP contribution in [0.2, 0.25) is 0 Å². The number of fused-ring (bicyclic) bond motifs is 1. The quantitative estimate of drug-likeness (QED) is 0.588. The highest BCUT2D eigenvalue weighted by atomic mass is 127. The molecule has 0 atom stereocenters. The number of aromatic nitrogens is 1. The fourth-order valence-corrected chi connectivity index (χ4v) is 2.84. The first kappa shape index (κ1) is 12.5. The molecule has 3 rings (SSSR count). The summed E-state index contributed by atoms with van der Waals surface area (Å²) in [6.07, 6.45) is 1.93. The van der Waals surface area contributed by atoms with Crippen LogP contribution in [0, 0.1) is 17.4 Å². The first-order valence-electron chi connectivity index (χ1n) is 6.04. The lowest BCUT2D eigenvalue weighted by molar-refractivity contribution is -0.110. The van der Waals surface area contributed by atoms with Crippen molar-refractivity contribution in [2.75, 3.05) is 5.32 Å². The van der Waals surface area contributed by atoms with Crippen LogP contribution in [0.15, 0.2) is 24.3 Å². The first-order valence-corrected chi connectivity index (χ1v) is 7.11. The van der Waals surface area contributed by atoms with Crippen molar-refractivity contribution in [1.29, 1.82) is 0 Å². The largest absolute Gasteiger partial charge is 0.359 e. The minimum Gasteiger partial charge on any atom is -0.359 e. The molecule has 0 unspecified atom stereocenters. The number of halogens is 1. The van der Waals surface area contributed by atoms with Crippen LogP contribution in [-0.4, -0.2) is 10.9 Å². The van der Waals surface area contributed by atoms with Gasteiger partial charge in [-0.2, -0.15) is 0 Å². The van der Waals surface area contributed by atoms with E-state index in [1.165, 1.54) is 0 Å². The fraction of sp³-hybridized carbons (Fsp3) is 0.133. The van der Waals surface area contributed by atoms with Crippen molar-refractivity contribution in [1.82, 2.24) is 4.98 Å². The van der Waals surface area contributed by atoms with Gasteiger partial charge in [0.25, 0.3) is 5.91 Å². The van der Waals surface area contributed by atoms with Crippen LogP contribution in [0.3, 0.4) is 0 Å². The van der Waals surface area contributed by atoms with Gasteiger partial charge in [-0.1, -0.05) is 0 Å². The Morgan fingerprint density at radius 1 is 1.21 bits per heavy atom. The highest BCUT2D eigenvalue weighted by molar-refractivity contribution is 14.1. The van der Waals surface area contributed by atoms with Gasteiger partial charge < -0.3 is 10.3 Å². The van der Waals surface area contributed by atoms with E-state index in [2.05, 4.69) is 39.0 Å². The molecule has 96 valence electrons. The van der Waals surface area contributed by atoms with E-state index in [1.807, 2.05) is 38.1 Å². The Bertz CT molecular complexity index is 713. The van der Waals surface area contributed by atoms with Crippen molar-refractivity contribution in [2.24, 2.45) is 0 Å². The van der Waals surface area contributed by atoms with Crippen molar-refractivity contribution in [3.63, 3.8) is 0 Å². The van der Waals surface area contributed by atoms with E-state index >= 15 is 0 Å². The molecule has 0 saturated heterocycles. The van der Waals surface area contributed by atoms with Gasteiger partial charge in [0.1, 0.15) is 0 Å². The second-order valence-electron chi connectivity index (χ2n) is 4.75. The number of H-pyrrole nitrogens is 1. The zero-order valence-corrected chi connectivity index (χ0v) is 12.8. The average molecular weight is 364 g/mol. The van der Waals surface area contributed by atoms with E-state index in [0.29, 0.717) is 0 Å². The van der Waals surface area contributed by atoms with E-state index in [1.54, 1.807) is 0 Å². The molecule has 0 fully saturated rings. The van der Waals surface area contributed by atoms with E-state index in [4.69, 9.17) is 0 Å². The number of carbonyl (C=O) groups excluding carboxylic acids is 1. The molecule has 0 spiro atoms. The minimum atomic E-state index is -0.0383. The molecule has 1 aromatic carbocycles. The standard InChI is InChI=1S/C15H13IN2O/c1-8-5-9(2)17-14(8)7-12-11-6-10(16)3-4-13(11)18-15(12)19/h3-7,17H,1-2H3,(H,18,19)/b12-7-. The molecule has 2 N–H and O–H groups in total. The molecule has 0 bridgehead atoms. The summed E-state index contributed by atoms with van der Waals surface area (Å²) >= 11 is 2.26. The second-order valence-corrected chi connectivity index (χ2v) is 6.00. The predicted octanol–water partition coefficient (Wildman–Crippen LogP) is 3.73. The fourth-order valence-electron chi connectivity index (χ4n) is 2.35. The summed E-state index contributed by atoms with van der Waals surface area (Å²) in [5.74, 6) is -0.0383. The van der Waals surface area contributed by atoms with Crippen molar-refractivity contribution in [3.8, 4) is 0 Å². The lowest BCUT2D eigenvalue weighted by atomic mass is 10.1. The monoisotopic (exact) mass is 364 g/mol. The Morgan fingerprint density at radius 3 is 2.68 bits per heavy atom. The van der Waals surface area contributed by atoms with Crippen LogP contribution < -0.4 is 5.32 Å². The molecule has 0 saturated carbocycles. The van der Waals surface area contributed by atoms with Gasteiger partial charge >= 0.3 is 0 Å². The summed E-state index contributed by atoms with van der Waals surface area (Å²) in [7, 11) is 0. The summed E-state index contributed by atoms with van der Waals surface area (Å²) in [6, 6.07) is 8.05. The molecule has 1 aliphatic rings. The summed E-state index contributed by atoms with van der Waals surface area (Å²) in [5, 5.41) is 2.90. The average Bonchev–Trinajstić information content (AvgIpc) is 2.81. The first-order chi connectivity index (χ1) is 9.04. The minimum absolute atomic E-state index is 0.0383. The van der Waals surface area contributed by atoms with Gasteiger partial charge in [-0.3, -0.25) is 4.79 Å². The smallest absolute Gasteiger partial charge is 0.256 e. The van der Waals surface area contributed by atoms with E-state index < -0.39 is 0 Å². The molecule has 4 heteroatoms. The topological polar surface area (TPSA) is 44.9 Å². The van der Waals surface area contributed by atoms with E-state index in [-0.39, 0.29) is 5.91 Å². The van der Waals surface area contributed by atoms with Crippen LogP contribution in [0.5, 0.6) is 0 Å². The Kier molecular flexibility index (Phi) is 2.97. The van der Waals surface area contributed by atoms with E-state index in [9.17, 15) is 4.79 Å². The number of amides is 1. The van der Waals surface area contributed by atoms with Crippen molar-refractivity contribution < 1.29 is 4.79 Å². The summed E-state index contributed by atoms with van der Waals surface area (Å²) in [4.78, 5) is 15.3. The maximum absolute atomic E-state index is 12.1. The molecule has 1 aliphatic heterocycles. The Balaban J connectivity index is 2.14. The number of benzene rings is 1. The molecule has 0 radical (unpaired) electrons.